The zero-order valence-corrected chi connectivity index (χ0v) is 20.8. The summed E-state index contributed by atoms with van der Waals surface area (Å²) in [5.74, 6) is 1.03. The molecule has 0 saturated carbocycles. The molecule has 0 aliphatic carbocycles. The molecule has 1 fully saturated rings. The standard InChI is InChI=1S/C24H23Cl3N4O3/c1-33-23(32)8-15-2-4-31(5-3-15)14-16-6-21(17-9-18(25)11-19(26)10-17)30-22(7-16)34-20-12-28-24(27)29-13-20/h6-7,9-13,15H,2-5,8,14H2,1H3. The summed E-state index contributed by atoms with van der Waals surface area (Å²) in [4.78, 5) is 26.5. The van der Waals surface area contributed by atoms with E-state index in [0.717, 1.165) is 37.1 Å². The van der Waals surface area contributed by atoms with Crippen LogP contribution < -0.4 is 4.74 Å². The predicted octanol–water partition coefficient (Wildman–Crippen LogP) is 6.07. The third kappa shape index (κ3) is 6.79. The summed E-state index contributed by atoms with van der Waals surface area (Å²) >= 11 is 18.2. The molecule has 0 bridgehead atoms. The van der Waals surface area contributed by atoms with Gasteiger partial charge in [-0.3, -0.25) is 9.69 Å². The molecule has 3 aromatic rings. The molecule has 2 aromatic heterocycles. The molecular weight excluding hydrogens is 499 g/mol. The lowest BCUT2D eigenvalue weighted by atomic mass is 9.93. The van der Waals surface area contributed by atoms with Gasteiger partial charge in [0.2, 0.25) is 11.2 Å². The lowest BCUT2D eigenvalue weighted by Crippen LogP contribution is -2.34. The number of esters is 1. The van der Waals surface area contributed by atoms with Gasteiger partial charge in [-0.05, 0) is 73.3 Å². The highest BCUT2D eigenvalue weighted by atomic mass is 35.5. The van der Waals surface area contributed by atoms with E-state index in [4.69, 9.17) is 44.3 Å². The lowest BCUT2D eigenvalue weighted by molar-refractivity contribution is -0.142. The Balaban J connectivity index is 1.56. The highest BCUT2D eigenvalue weighted by Crippen LogP contribution is 2.31. The van der Waals surface area contributed by atoms with Crippen molar-refractivity contribution < 1.29 is 14.3 Å². The van der Waals surface area contributed by atoms with Gasteiger partial charge in [-0.15, -0.1) is 0 Å². The summed E-state index contributed by atoms with van der Waals surface area (Å²) in [5, 5.41) is 1.19. The molecule has 1 aliphatic heterocycles. The first-order valence-electron chi connectivity index (χ1n) is 10.8. The van der Waals surface area contributed by atoms with Crippen LogP contribution in [0.3, 0.4) is 0 Å². The number of hydrogen-bond acceptors (Lipinski definition) is 7. The van der Waals surface area contributed by atoms with Crippen LogP contribution in [0.2, 0.25) is 15.3 Å². The van der Waals surface area contributed by atoms with Gasteiger partial charge in [0.05, 0.1) is 25.2 Å². The van der Waals surface area contributed by atoms with Gasteiger partial charge in [0.15, 0.2) is 5.75 Å². The van der Waals surface area contributed by atoms with Crippen molar-refractivity contribution in [3.63, 3.8) is 0 Å². The maximum atomic E-state index is 11.6. The minimum absolute atomic E-state index is 0.138. The van der Waals surface area contributed by atoms with Gasteiger partial charge in [0.25, 0.3) is 0 Å². The largest absolute Gasteiger partial charge is 0.469 e. The van der Waals surface area contributed by atoms with E-state index in [9.17, 15) is 4.79 Å². The van der Waals surface area contributed by atoms with Crippen LogP contribution in [0.4, 0.5) is 0 Å². The second-order valence-electron chi connectivity index (χ2n) is 8.15. The van der Waals surface area contributed by atoms with Crippen LogP contribution in [-0.4, -0.2) is 46.0 Å². The van der Waals surface area contributed by atoms with Crippen molar-refractivity contribution >= 4 is 40.8 Å². The van der Waals surface area contributed by atoms with E-state index in [-0.39, 0.29) is 11.3 Å². The van der Waals surface area contributed by atoms with Crippen molar-refractivity contribution in [3.05, 3.63) is 63.6 Å². The summed E-state index contributed by atoms with van der Waals surface area (Å²) in [6, 6.07) is 9.20. The van der Waals surface area contributed by atoms with E-state index in [1.165, 1.54) is 19.5 Å². The highest BCUT2D eigenvalue weighted by Gasteiger charge is 2.22. The minimum Gasteiger partial charge on any atom is -0.469 e. The molecule has 0 unspecified atom stereocenters. The number of aromatic nitrogens is 3. The fourth-order valence-electron chi connectivity index (χ4n) is 3.95. The van der Waals surface area contributed by atoms with Gasteiger partial charge in [-0.2, -0.15) is 0 Å². The van der Waals surface area contributed by atoms with Gasteiger partial charge >= 0.3 is 5.97 Å². The fraction of sp³-hybridized carbons (Fsp3) is 0.333. The fourth-order valence-corrected chi connectivity index (χ4v) is 4.58. The number of likely N-dealkylation sites (tertiary alicyclic amines) is 1. The van der Waals surface area contributed by atoms with Gasteiger partial charge < -0.3 is 9.47 Å². The zero-order valence-electron chi connectivity index (χ0n) is 18.5. The molecular formula is C24H23Cl3N4O3. The van der Waals surface area contributed by atoms with Crippen molar-refractivity contribution in [3.8, 4) is 22.9 Å². The van der Waals surface area contributed by atoms with Crippen LogP contribution in [-0.2, 0) is 16.1 Å². The molecule has 34 heavy (non-hydrogen) atoms. The number of carbonyl (C=O) groups is 1. The topological polar surface area (TPSA) is 77.4 Å². The summed E-state index contributed by atoms with van der Waals surface area (Å²) in [6.45, 7) is 2.50. The number of pyridine rings is 1. The van der Waals surface area contributed by atoms with Gasteiger partial charge in [0.1, 0.15) is 0 Å². The van der Waals surface area contributed by atoms with Crippen LogP contribution in [0.25, 0.3) is 11.3 Å². The monoisotopic (exact) mass is 520 g/mol. The van der Waals surface area contributed by atoms with Crippen LogP contribution in [0.1, 0.15) is 24.8 Å². The van der Waals surface area contributed by atoms with E-state index < -0.39 is 0 Å². The number of carbonyl (C=O) groups excluding carboxylic acids is 1. The van der Waals surface area contributed by atoms with Gasteiger partial charge in [-0.1, -0.05) is 23.2 Å². The average molecular weight is 522 g/mol. The second kappa shape index (κ2) is 11.3. The first-order valence-corrected chi connectivity index (χ1v) is 11.9. The Morgan fingerprint density at radius 1 is 1.03 bits per heavy atom. The first kappa shape index (κ1) is 24.7. The van der Waals surface area contributed by atoms with Crippen LogP contribution in [0.5, 0.6) is 11.6 Å². The number of methoxy groups -OCH3 is 1. The molecule has 178 valence electrons. The van der Waals surface area contributed by atoms with Crippen molar-refractivity contribution in [2.75, 3.05) is 20.2 Å². The summed E-state index contributed by atoms with van der Waals surface area (Å²) in [7, 11) is 1.43. The molecule has 3 heterocycles. The molecule has 0 amide bonds. The molecule has 4 rings (SSSR count). The SMILES string of the molecule is COC(=O)CC1CCN(Cc2cc(Oc3cnc(Cl)nc3)nc(-c3cc(Cl)cc(Cl)c3)c2)CC1. The molecule has 1 saturated heterocycles. The number of hydrogen-bond donors (Lipinski definition) is 0. The Morgan fingerprint density at radius 3 is 2.35 bits per heavy atom. The van der Waals surface area contributed by atoms with Crippen molar-refractivity contribution in [2.24, 2.45) is 5.92 Å². The van der Waals surface area contributed by atoms with Crippen molar-refractivity contribution in [1.29, 1.82) is 0 Å². The number of rotatable bonds is 7. The minimum atomic E-state index is -0.148. The van der Waals surface area contributed by atoms with Crippen LogP contribution in [0, 0.1) is 5.92 Å². The Hall–Kier alpha value is -2.45. The predicted molar refractivity (Wildman–Crippen MR) is 131 cm³/mol. The maximum Gasteiger partial charge on any atom is 0.305 e. The third-order valence-corrected chi connectivity index (χ3v) is 6.27. The molecule has 0 radical (unpaired) electrons. The van der Waals surface area contributed by atoms with Crippen LogP contribution in [0.15, 0.2) is 42.7 Å². The first-order chi connectivity index (χ1) is 16.4. The summed E-state index contributed by atoms with van der Waals surface area (Å²) in [5.41, 5.74) is 2.50. The number of benzene rings is 1. The lowest BCUT2D eigenvalue weighted by Gasteiger charge is -2.31. The molecule has 10 heteroatoms. The molecule has 1 aromatic carbocycles. The van der Waals surface area contributed by atoms with Crippen molar-refractivity contribution in [2.45, 2.75) is 25.8 Å². The third-order valence-electron chi connectivity index (χ3n) is 5.64. The highest BCUT2D eigenvalue weighted by molar-refractivity contribution is 6.35. The Bertz CT molecular complexity index is 1130. The summed E-state index contributed by atoms with van der Waals surface area (Å²) in [6.07, 6.45) is 5.35. The molecule has 0 atom stereocenters. The van der Waals surface area contributed by atoms with E-state index in [2.05, 4.69) is 19.9 Å². The maximum absolute atomic E-state index is 11.6. The number of piperidine rings is 1. The molecule has 7 nitrogen and oxygen atoms in total. The summed E-state index contributed by atoms with van der Waals surface area (Å²) < 4.78 is 10.7. The van der Waals surface area contributed by atoms with Crippen LogP contribution >= 0.6 is 34.8 Å². The zero-order chi connectivity index (χ0) is 24.1. The van der Waals surface area contributed by atoms with Crippen molar-refractivity contribution in [1.82, 2.24) is 19.9 Å². The quantitative estimate of drug-likeness (QED) is 0.276. The second-order valence-corrected chi connectivity index (χ2v) is 9.36. The normalized spacial score (nSPS) is 14.7. The number of halogens is 3. The van der Waals surface area contributed by atoms with E-state index in [1.54, 1.807) is 6.07 Å². The Labute approximate surface area is 213 Å². The molecule has 0 spiro atoms. The van der Waals surface area contributed by atoms with E-state index >= 15 is 0 Å². The van der Waals surface area contributed by atoms with E-state index in [1.807, 2.05) is 24.3 Å². The molecule has 0 N–H and O–H groups in total. The smallest absolute Gasteiger partial charge is 0.305 e. The Morgan fingerprint density at radius 2 is 1.71 bits per heavy atom. The molecule has 1 aliphatic rings. The average Bonchev–Trinajstić information content (AvgIpc) is 2.81. The van der Waals surface area contributed by atoms with Gasteiger partial charge in [-0.25, -0.2) is 15.0 Å². The number of nitrogens with zero attached hydrogens (tertiary/aromatic N) is 4. The Kier molecular flexibility index (Phi) is 8.21. The van der Waals surface area contributed by atoms with Gasteiger partial charge in [0, 0.05) is 34.6 Å². The number of ether oxygens (including phenoxy) is 2. The van der Waals surface area contributed by atoms with E-state index in [0.29, 0.717) is 46.3 Å².